The van der Waals surface area contributed by atoms with Crippen LogP contribution in [-0.4, -0.2) is 24.8 Å². The molecule has 2 rings (SSSR count). The normalized spacial score (nSPS) is 17.7. The van der Waals surface area contributed by atoms with E-state index in [1.165, 1.54) is 37.7 Å². The Morgan fingerprint density at radius 2 is 1.55 bits per heavy atom. The second-order valence-electron chi connectivity index (χ2n) is 10.4. The minimum absolute atomic E-state index is 0.100. The molecular formula is C23H38ClNOSi3. The largest absolute Gasteiger partial charge is 0.501 e. The zero-order chi connectivity index (χ0) is 21.8. The molecule has 0 saturated heterocycles. The Labute approximate surface area is 186 Å². The van der Waals surface area contributed by atoms with Gasteiger partial charge in [-0.2, -0.15) is 0 Å². The zero-order valence-corrected chi connectivity index (χ0v) is 23.0. The van der Waals surface area contributed by atoms with Crippen LogP contribution in [0.2, 0.25) is 55.9 Å². The van der Waals surface area contributed by atoms with Gasteiger partial charge in [0.25, 0.3) is 8.32 Å². The Hall–Kier alpha value is -0.779. The van der Waals surface area contributed by atoms with E-state index in [4.69, 9.17) is 16.0 Å². The lowest BCUT2D eigenvalue weighted by molar-refractivity contribution is 0.425. The summed E-state index contributed by atoms with van der Waals surface area (Å²) in [6, 6.07) is 8.06. The monoisotopic (exact) mass is 463 g/mol. The Morgan fingerprint density at radius 3 is 2.10 bits per heavy atom. The predicted molar refractivity (Wildman–Crippen MR) is 137 cm³/mol. The maximum atomic E-state index is 6.02. The standard InChI is InChI=1S/C23H38ClNOSi3/c1-27(2,3)26-19-18-23(16-9-8-10-17-23)29(6,7)25-28(4,5)20-15-21-11-13-22(24)14-12-21/h11-15,20,25H,8-10,16-17H2,1-7H3. The number of rotatable bonds is 6. The highest BCUT2D eigenvalue weighted by Gasteiger charge is 2.48. The third-order valence-electron chi connectivity index (χ3n) is 5.75. The SMILES string of the molecule is C[Si](C)(C=Cc1ccc(Cl)cc1)N[Si](C)(C)C1(C#CO[Si](C)(C)C)CCCCC1. The van der Waals surface area contributed by atoms with Crippen molar-refractivity contribution in [1.82, 2.24) is 4.65 Å². The molecule has 1 aromatic carbocycles. The summed E-state index contributed by atoms with van der Waals surface area (Å²) >= 11 is 6.02. The van der Waals surface area contributed by atoms with E-state index in [-0.39, 0.29) is 5.04 Å². The van der Waals surface area contributed by atoms with Gasteiger partial charge in [-0.25, -0.2) is 0 Å². The smallest absolute Gasteiger partial charge is 0.255 e. The van der Waals surface area contributed by atoms with Crippen molar-refractivity contribution in [2.75, 3.05) is 0 Å². The molecule has 160 valence electrons. The molecule has 6 heteroatoms. The van der Waals surface area contributed by atoms with E-state index in [9.17, 15) is 0 Å². The molecular weight excluding hydrogens is 426 g/mol. The first kappa shape index (κ1) is 24.5. The van der Waals surface area contributed by atoms with Crippen molar-refractivity contribution in [2.45, 2.75) is 83.0 Å². The van der Waals surface area contributed by atoms with Crippen LogP contribution in [0.15, 0.2) is 30.0 Å². The van der Waals surface area contributed by atoms with Crippen LogP contribution in [0, 0.1) is 12.0 Å². The fourth-order valence-corrected chi connectivity index (χ4v) is 15.0. The first-order chi connectivity index (χ1) is 13.3. The van der Waals surface area contributed by atoms with Crippen molar-refractivity contribution < 1.29 is 4.43 Å². The quantitative estimate of drug-likeness (QED) is 0.350. The van der Waals surface area contributed by atoms with Gasteiger partial charge < -0.3 is 9.07 Å². The van der Waals surface area contributed by atoms with Crippen molar-refractivity contribution >= 4 is 42.5 Å². The lowest BCUT2D eigenvalue weighted by Crippen LogP contribution is -2.64. The minimum atomic E-state index is -1.83. The lowest BCUT2D eigenvalue weighted by atomic mass is 9.89. The van der Waals surface area contributed by atoms with Crippen molar-refractivity contribution in [1.29, 1.82) is 0 Å². The first-order valence-electron chi connectivity index (χ1n) is 10.8. The average Bonchev–Trinajstić information content (AvgIpc) is 2.60. The predicted octanol–water partition coefficient (Wildman–Crippen LogP) is 7.41. The summed E-state index contributed by atoms with van der Waals surface area (Å²) in [5.41, 5.74) is 3.61. The number of hydrogen-bond acceptors (Lipinski definition) is 2. The van der Waals surface area contributed by atoms with Gasteiger partial charge in [0, 0.05) is 10.1 Å². The molecule has 1 aliphatic carbocycles. The molecule has 0 amide bonds. The van der Waals surface area contributed by atoms with E-state index in [1.807, 2.05) is 12.1 Å². The van der Waals surface area contributed by atoms with E-state index in [0.29, 0.717) is 0 Å². The molecule has 1 saturated carbocycles. The third kappa shape index (κ3) is 7.45. The van der Waals surface area contributed by atoms with E-state index in [2.05, 4.69) is 86.4 Å². The second kappa shape index (κ2) is 9.57. The van der Waals surface area contributed by atoms with Gasteiger partial charge in [-0.1, -0.05) is 86.9 Å². The van der Waals surface area contributed by atoms with Crippen molar-refractivity contribution in [3.05, 3.63) is 40.6 Å². The van der Waals surface area contributed by atoms with Gasteiger partial charge in [-0.05, 0) is 50.2 Å². The van der Waals surface area contributed by atoms with Gasteiger partial charge >= 0.3 is 0 Å². The van der Waals surface area contributed by atoms with Crippen molar-refractivity contribution in [2.24, 2.45) is 0 Å². The molecule has 0 aromatic heterocycles. The lowest BCUT2D eigenvalue weighted by Gasteiger charge is -2.47. The zero-order valence-electron chi connectivity index (χ0n) is 19.3. The number of hydrogen-bond donors (Lipinski definition) is 1. The van der Waals surface area contributed by atoms with Crippen molar-refractivity contribution in [3.8, 4) is 12.0 Å². The summed E-state index contributed by atoms with van der Waals surface area (Å²) in [5, 5.41) is 0.882. The molecule has 0 aliphatic heterocycles. The molecule has 1 N–H and O–H groups in total. The van der Waals surface area contributed by atoms with Crippen molar-refractivity contribution in [3.63, 3.8) is 0 Å². The minimum Gasteiger partial charge on any atom is -0.501 e. The highest BCUT2D eigenvalue weighted by molar-refractivity contribution is 6.95. The van der Waals surface area contributed by atoms with Crippen LogP contribution in [-0.2, 0) is 4.43 Å². The van der Waals surface area contributed by atoms with Crippen LogP contribution >= 0.6 is 11.6 Å². The Morgan fingerprint density at radius 1 is 0.966 bits per heavy atom. The topological polar surface area (TPSA) is 21.3 Å². The second-order valence-corrected chi connectivity index (χ2v) is 24.3. The number of benzene rings is 1. The molecule has 0 bridgehead atoms. The molecule has 2 nitrogen and oxygen atoms in total. The third-order valence-corrected chi connectivity index (χ3v) is 15.8. The summed E-state index contributed by atoms with van der Waals surface area (Å²) in [6.45, 7) is 16.4. The van der Waals surface area contributed by atoms with E-state index < -0.39 is 24.8 Å². The van der Waals surface area contributed by atoms with Gasteiger partial charge in [0.2, 0.25) is 0 Å². The van der Waals surface area contributed by atoms with E-state index in [1.54, 1.807) is 0 Å². The Bertz CT molecular complexity index is 764. The summed E-state index contributed by atoms with van der Waals surface area (Å²) < 4.78 is 10.1. The van der Waals surface area contributed by atoms with Crippen LogP contribution in [0.25, 0.3) is 6.08 Å². The van der Waals surface area contributed by atoms with Gasteiger partial charge in [-0.3, -0.25) is 0 Å². The Kier molecular flexibility index (Phi) is 8.08. The summed E-state index contributed by atoms with van der Waals surface area (Å²) in [5.74, 6) is 3.68. The molecule has 0 atom stereocenters. The fraction of sp³-hybridized carbons (Fsp3) is 0.565. The number of halogens is 1. The first-order valence-corrected chi connectivity index (χ1v) is 20.6. The van der Waals surface area contributed by atoms with Crippen LogP contribution < -0.4 is 4.65 Å². The van der Waals surface area contributed by atoms with E-state index >= 15 is 0 Å². The molecule has 1 fully saturated rings. The fourth-order valence-electron chi connectivity index (χ4n) is 4.18. The highest BCUT2D eigenvalue weighted by atomic mass is 35.5. The average molecular weight is 464 g/mol. The van der Waals surface area contributed by atoms with Gasteiger partial charge in [0.1, 0.15) is 16.5 Å². The molecule has 1 aromatic rings. The summed E-state index contributed by atoms with van der Waals surface area (Å²) in [7, 11) is -5.20. The van der Waals surface area contributed by atoms with Gasteiger partial charge in [0.05, 0.1) is 6.11 Å². The molecule has 1 aliphatic rings. The van der Waals surface area contributed by atoms with Crippen LogP contribution in [0.5, 0.6) is 0 Å². The maximum Gasteiger partial charge on any atom is 0.255 e. The van der Waals surface area contributed by atoms with Crippen LogP contribution in [0.3, 0.4) is 0 Å². The molecule has 0 radical (unpaired) electrons. The number of nitrogens with one attached hydrogen (secondary N) is 1. The maximum absolute atomic E-state index is 6.02. The Balaban J connectivity index is 2.22. The molecule has 0 spiro atoms. The molecule has 29 heavy (non-hydrogen) atoms. The van der Waals surface area contributed by atoms with E-state index in [0.717, 1.165) is 5.02 Å². The summed E-state index contributed by atoms with van der Waals surface area (Å²) in [4.78, 5) is 0. The highest BCUT2D eigenvalue weighted by Crippen LogP contribution is 2.49. The summed E-state index contributed by atoms with van der Waals surface area (Å²) in [6.07, 6.45) is 11.7. The van der Waals surface area contributed by atoms with Crippen LogP contribution in [0.4, 0.5) is 0 Å². The van der Waals surface area contributed by atoms with Crippen LogP contribution in [0.1, 0.15) is 37.7 Å². The molecule has 0 unspecified atom stereocenters. The van der Waals surface area contributed by atoms with Gasteiger partial charge in [-0.15, -0.1) is 0 Å². The van der Waals surface area contributed by atoms with Gasteiger partial charge in [0.15, 0.2) is 0 Å². The molecule has 0 heterocycles.